The van der Waals surface area contributed by atoms with Crippen molar-refractivity contribution in [3.05, 3.63) is 29.1 Å². The van der Waals surface area contributed by atoms with Gasteiger partial charge in [0.15, 0.2) is 6.29 Å². The lowest BCUT2D eigenvalue weighted by Crippen LogP contribution is -2.13. The Labute approximate surface area is 98.2 Å². The molecular formula is C12H18BFO2. The monoisotopic (exact) mass is 224 g/mol. The highest BCUT2D eigenvalue weighted by molar-refractivity contribution is 6.32. The quantitative estimate of drug-likeness (QED) is 0.579. The van der Waals surface area contributed by atoms with Crippen LogP contribution in [-0.2, 0) is 9.47 Å². The van der Waals surface area contributed by atoms with Gasteiger partial charge in [0.2, 0.25) is 0 Å². The summed E-state index contributed by atoms with van der Waals surface area (Å²) < 4.78 is 23.3. The van der Waals surface area contributed by atoms with Crippen molar-refractivity contribution in [2.24, 2.45) is 0 Å². The molecule has 0 atom stereocenters. The van der Waals surface area contributed by atoms with Crippen molar-refractivity contribution >= 4 is 13.3 Å². The molecule has 2 nitrogen and oxygen atoms in total. The number of hydrogen-bond donors (Lipinski definition) is 0. The van der Waals surface area contributed by atoms with Crippen LogP contribution >= 0.6 is 0 Å². The van der Waals surface area contributed by atoms with Gasteiger partial charge in [0.25, 0.3) is 0 Å². The van der Waals surface area contributed by atoms with Gasteiger partial charge in [-0.1, -0.05) is 25.4 Å². The molecule has 0 amide bonds. The maximum Gasteiger partial charge on any atom is 0.183 e. The van der Waals surface area contributed by atoms with Crippen LogP contribution in [0.3, 0.4) is 0 Å². The Bertz CT molecular complexity index is 325. The van der Waals surface area contributed by atoms with E-state index in [2.05, 4.69) is 0 Å². The Morgan fingerprint density at radius 1 is 1.19 bits per heavy atom. The second-order valence-corrected chi connectivity index (χ2v) is 3.02. The molecule has 1 rings (SSSR count). The first-order valence-electron chi connectivity index (χ1n) is 5.21. The summed E-state index contributed by atoms with van der Waals surface area (Å²) in [4.78, 5) is 0. The number of rotatable bonds is 3. The summed E-state index contributed by atoms with van der Waals surface area (Å²) in [7, 11) is 8.51. The Hall–Kier alpha value is -0.865. The first kappa shape index (κ1) is 15.1. The summed E-state index contributed by atoms with van der Waals surface area (Å²) in [6, 6.07) is 2.93. The highest BCUT2D eigenvalue weighted by Crippen LogP contribution is 2.21. The van der Waals surface area contributed by atoms with E-state index < -0.39 is 6.29 Å². The fourth-order valence-corrected chi connectivity index (χ4v) is 1.32. The normalized spacial score (nSPS) is 9.94. The predicted octanol–water partition coefficient (Wildman–Crippen LogP) is 2.25. The van der Waals surface area contributed by atoms with Crippen molar-refractivity contribution in [3.8, 4) is 0 Å². The molecule has 0 spiro atoms. The molecule has 2 radical (unpaired) electrons. The smallest absolute Gasteiger partial charge is 0.183 e. The van der Waals surface area contributed by atoms with E-state index in [1.807, 2.05) is 13.8 Å². The number of benzene rings is 1. The molecule has 0 heterocycles. The highest BCUT2D eigenvalue weighted by atomic mass is 19.1. The van der Waals surface area contributed by atoms with E-state index in [-0.39, 0.29) is 5.82 Å². The molecule has 0 unspecified atom stereocenters. The third-order valence-electron chi connectivity index (χ3n) is 2.09. The van der Waals surface area contributed by atoms with Gasteiger partial charge in [-0.25, -0.2) is 4.39 Å². The van der Waals surface area contributed by atoms with Crippen LogP contribution in [0.2, 0.25) is 0 Å². The van der Waals surface area contributed by atoms with Crippen molar-refractivity contribution in [2.75, 3.05) is 14.2 Å². The van der Waals surface area contributed by atoms with Crippen molar-refractivity contribution < 1.29 is 13.9 Å². The number of halogens is 1. The maximum atomic E-state index is 13.3. The van der Waals surface area contributed by atoms with Gasteiger partial charge in [0.05, 0.1) is 0 Å². The van der Waals surface area contributed by atoms with Crippen molar-refractivity contribution in [1.82, 2.24) is 0 Å². The lowest BCUT2D eigenvalue weighted by Gasteiger charge is -2.17. The largest absolute Gasteiger partial charge is 0.352 e. The summed E-state index contributed by atoms with van der Waals surface area (Å²) in [5, 5.41) is 0. The molecule has 0 aliphatic heterocycles. The van der Waals surface area contributed by atoms with Gasteiger partial charge in [-0.2, -0.15) is 0 Å². The minimum Gasteiger partial charge on any atom is -0.352 e. The maximum absolute atomic E-state index is 13.3. The Morgan fingerprint density at radius 3 is 2.12 bits per heavy atom. The molecule has 1 aromatic carbocycles. The van der Waals surface area contributed by atoms with E-state index >= 15 is 0 Å². The van der Waals surface area contributed by atoms with Crippen molar-refractivity contribution in [3.63, 3.8) is 0 Å². The third kappa shape index (κ3) is 3.61. The van der Waals surface area contributed by atoms with Crippen LogP contribution in [0, 0.1) is 12.7 Å². The van der Waals surface area contributed by atoms with Crippen LogP contribution in [0.15, 0.2) is 12.1 Å². The van der Waals surface area contributed by atoms with Gasteiger partial charge in [-0.15, -0.1) is 0 Å². The number of ether oxygens (including phenoxy) is 2. The molecule has 0 fully saturated rings. The van der Waals surface area contributed by atoms with Crippen LogP contribution in [0.1, 0.15) is 31.3 Å². The van der Waals surface area contributed by atoms with Gasteiger partial charge in [0, 0.05) is 19.8 Å². The predicted molar refractivity (Wildman–Crippen MR) is 64.6 cm³/mol. The lowest BCUT2D eigenvalue weighted by molar-refractivity contribution is -0.106. The van der Waals surface area contributed by atoms with Crippen molar-refractivity contribution in [2.45, 2.75) is 27.1 Å². The van der Waals surface area contributed by atoms with Gasteiger partial charge in [0.1, 0.15) is 13.7 Å². The molecule has 16 heavy (non-hydrogen) atoms. The molecule has 0 aromatic heterocycles. The zero-order chi connectivity index (χ0) is 12.7. The molecule has 1 aromatic rings. The number of methoxy groups -OCH3 is 2. The van der Waals surface area contributed by atoms with Gasteiger partial charge < -0.3 is 9.47 Å². The number of hydrogen-bond acceptors (Lipinski definition) is 2. The van der Waals surface area contributed by atoms with Gasteiger partial charge in [-0.3, -0.25) is 0 Å². The second kappa shape index (κ2) is 7.42. The van der Waals surface area contributed by atoms with E-state index in [1.54, 1.807) is 13.0 Å². The van der Waals surface area contributed by atoms with E-state index in [4.69, 9.17) is 17.3 Å². The molecular weight excluding hydrogens is 206 g/mol. The minimum atomic E-state index is -0.576. The fraction of sp³-hybridized carbons (Fsp3) is 0.500. The Morgan fingerprint density at radius 2 is 1.69 bits per heavy atom. The molecule has 0 N–H and O–H groups in total. The van der Waals surface area contributed by atoms with Crippen LogP contribution in [0.5, 0.6) is 0 Å². The third-order valence-corrected chi connectivity index (χ3v) is 2.09. The molecule has 0 aliphatic carbocycles. The zero-order valence-corrected chi connectivity index (χ0v) is 10.5. The average Bonchev–Trinajstić information content (AvgIpc) is 2.29. The summed E-state index contributed by atoms with van der Waals surface area (Å²) >= 11 is 0. The first-order chi connectivity index (χ1) is 7.60. The summed E-state index contributed by atoms with van der Waals surface area (Å²) in [6.07, 6.45) is -0.576. The molecule has 4 heteroatoms. The van der Waals surface area contributed by atoms with Crippen LogP contribution in [0.25, 0.3) is 0 Å². The molecule has 0 bridgehead atoms. The Balaban J connectivity index is 0.00000106. The second-order valence-electron chi connectivity index (χ2n) is 3.02. The summed E-state index contributed by atoms with van der Waals surface area (Å²) in [6.45, 7) is 5.66. The first-order valence-corrected chi connectivity index (χ1v) is 5.21. The summed E-state index contributed by atoms with van der Waals surface area (Å²) in [5.41, 5.74) is 1.47. The van der Waals surface area contributed by atoms with E-state index in [9.17, 15) is 4.39 Å². The van der Waals surface area contributed by atoms with E-state index in [1.165, 1.54) is 20.3 Å². The van der Waals surface area contributed by atoms with Crippen LogP contribution < -0.4 is 5.46 Å². The molecule has 0 aliphatic rings. The standard InChI is InChI=1S/C10H12BFO2.C2H6/c1-6-8(10(13-2)14-3)4-7(11)5-9(6)12;1-2/h4-5,10H,1-3H3;1-2H3. The van der Waals surface area contributed by atoms with E-state index in [0.29, 0.717) is 16.6 Å². The van der Waals surface area contributed by atoms with Crippen LogP contribution in [0.4, 0.5) is 4.39 Å². The van der Waals surface area contributed by atoms with Gasteiger partial charge >= 0.3 is 0 Å². The molecule has 0 saturated carbocycles. The lowest BCUT2D eigenvalue weighted by atomic mass is 9.91. The highest BCUT2D eigenvalue weighted by Gasteiger charge is 2.14. The Kier molecular flexibility index (Phi) is 7.01. The van der Waals surface area contributed by atoms with Crippen LogP contribution in [-0.4, -0.2) is 22.1 Å². The molecule has 88 valence electrons. The SMILES string of the molecule is CC.[B]c1cc(F)c(C)c(C(OC)OC)c1. The van der Waals surface area contributed by atoms with Crippen molar-refractivity contribution in [1.29, 1.82) is 0 Å². The minimum absolute atomic E-state index is 0.348. The zero-order valence-electron chi connectivity index (χ0n) is 10.5. The molecule has 0 saturated heterocycles. The van der Waals surface area contributed by atoms with E-state index in [0.717, 1.165) is 0 Å². The fourth-order valence-electron chi connectivity index (χ4n) is 1.32. The topological polar surface area (TPSA) is 18.5 Å². The van der Waals surface area contributed by atoms with Gasteiger partial charge in [-0.05, 0) is 18.6 Å². The average molecular weight is 224 g/mol. The summed E-state index contributed by atoms with van der Waals surface area (Å²) in [5.74, 6) is -0.348.